The van der Waals surface area contributed by atoms with Gasteiger partial charge in [0.05, 0.1) is 13.7 Å². The second-order valence-electron chi connectivity index (χ2n) is 8.52. The van der Waals surface area contributed by atoms with Crippen molar-refractivity contribution < 1.29 is 23.0 Å². The van der Waals surface area contributed by atoms with Gasteiger partial charge in [-0.25, -0.2) is 23.4 Å². The molecule has 0 unspecified atom stereocenters. The summed E-state index contributed by atoms with van der Waals surface area (Å²) >= 11 is 0. The molecule has 5 rings (SSSR count). The lowest BCUT2D eigenvalue weighted by molar-refractivity contribution is 0.167. The zero-order chi connectivity index (χ0) is 24.9. The highest BCUT2D eigenvalue weighted by molar-refractivity contribution is 5.72. The van der Waals surface area contributed by atoms with E-state index in [9.17, 15) is 23.2 Å². The number of aromatic amines is 1. The highest BCUT2D eigenvalue weighted by Crippen LogP contribution is 2.36. The van der Waals surface area contributed by atoms with Crippen molar-refractivity contribution in [1.82, 2.24) is 24.0 Å². The highest BCUT2D eigenvalue weighted by atomic mass is 19.1. The fourth-order valence-corrected chi connectivity index (χ4v) is 3.75. The minimum atomic E-state index is -1.01. The number of carbonyl (C=O) groups is 1. The molecule has 0 aliphatic heterocycles. The van der Waals surface area contributed by atoms with Crippen molar-refractivity contribution in [2.24, 2.45) is 0 Å². The summed E-state index contributed by atoms with van der Waals surface area (Å²) in [5.41, 5.74) is -0.249. The van der Waals surface area contributed by atoms with Crippen LogP contribution in [0.5, 0.6) is 11.5 Å². The minimum absolute atomic E-state index is 0.0215. The number of amides is 1. The molecule has 2 heterocycles. The van der Waals surface area contributed by atoms with E-state index in [2.05, 4.69) is 26.5 Å². The Balaban J connectivity index is 1.34. The summed E-state index contributed by atoms with van der Waals surface area (Å²) in [5.74, 6) is 2.75. The summed E-state index contributed by atoms with van der Waals surface area (Å²) in [4.78, 5) is 46.4. The van der Waals surface area contributed by atoms with Crippen molar-refractivity contribution in [3.8, 4) is 23.3 Å². The summed E-state index contributed by atoms with van der Waals surface area (Å²) in [5, 5.41) is 0. The van der Waals surface area contributed by atoms with Gasteiger partial charge in [0.2, 0.25) is 0 Å². The maximum absolute atomic E-state index is 13.8. The molecule has 2 aromatic heterocycles. The number of hydrogen-bond donors (Lipinski definition) is 1. The van der Waals surface area contributed by atoms with E-state index in [1.54, 1.807) is 4.57 Å². The third kappa shape index (κ3) is 4.25. The van der Waals surface area contributed by atoms with Crippen molar-refractivity contribution >= 4 is 17.3 Å². The zero-order valence-corrected chi connectivity index (χ0v) is 18.9. The summed E-state index contributed by atoms with van der Waals surface area (Å²) in [6, 6.07) is 1.62. The number of H-pyrrole nitrogens is 1. The van der Waals surface area contributed by atoms with Crippen molar-refractivity contribution in [3.63, 3.8) is 0 Å². The van der Waals surface area contributed by atoms with Gasteiger partial charge in [-0.05, 0) is 31.6 Å². The average Bonchev–Trinajstić information content (AvgIpc) is 3.73. The molecule has 0 spiro atoms. The number of aromatic nitrogens is 4. The molecule has 2 fully saturated rings. The quantitative estimate of drug-likeness (QED) is 0.556. The van der Waals surface area contributed by atoms with Crippen LogP contribution in [0.4, 0.5) is 13.6 Å². The van der Waals surface area contributed by atoms with Gasteiger partial charge in [0.25, 0.3) is 5.56 Å². The fraction of sp³-hybridized carbons (Fsp3) is 0.391. The van der Waals surface area contributed by atoms with E-state index >= 15 is 0 Å². The average molecular weight is 485 g/mol. The molecule has 0 radical (unpaired) electrons. The number of imidazole rings is 1. The van der Waals surface area contributed by atoms with Crippen LogP contribution in [0.15, 0.2) is 21.7 Å². The maximum Gasteiger partial charge on any atom is 0.415 e. The van der Waals surface area contributed by atoms with Crippen LogP contribution < -0.4 is 20.7 Å². The Morgan fingerprint density at radius 1 is 1.17 bits per heavy atom. The van der Waals surface area contributed by atoms with Crippen molar-refractivity contribution in [2.45, 2.75) is 37.8 Å². The molecule has 3 aromatic rings. The zero-order valence-electron chi connectivity index (χ0n) is 18.9. The molecule has 2 aliphatic carbocycles. The van der Waals surface area contributed by atoms with Crippen LogP contribution in [0.1, 0.15) is 43.6 Å². The van der Waals surface area contributed by atoms with E-state index in [1.165, 1.54) is 11.6 Å². The molecule has 35 heavy (non-hydrogen) atoms. The van der Waals surface area contributed by atoms with Gasteiger partial charge in [0, 0.05) is 31.3 Å². The molecule has 0 saturated heterocycles. The second-order valence-corrected chi connectivity index (χ2v) is 8.52. The molecule has 1 amide bonds. The van der Waals surface area contributed by atoms with Crippen LogP contribution in [-0.4, -0.2) is 50.8 Å². The molecule has 182 valence electrons. The lowest BCUT2D eigenvalue weighted by Gasteiger charge is -2.14. The normalized spacial score (nSPS) is 15.0. The van der Waals surface area contributed by atoms with Gasteiger partial charge in [0.1, 0.15) is 5.75 Å². The fourth-order valence-electron chi connectivity index (χ4n) is 3.75. The number of ether oxygens (including phenoxy) is 2. The van der Waals surface area contributed by atoms with Gasteiger partial charge in [0.15, 0.2) is 34.4 Å². The third-order valence-electron chi connectivity index (χ3n) is 5.80. The van der Waals surface area contributed by atoms with E-state index in [-0.39, 0.29) is 47.1 Å². The molecule has 2 saturated carbocycles. The molecule has 12 heteroatoms. The van der Waals surface area contributed by atoms with Crippen LogP contribution >= 0.6 is 0 Å². The van der Waals surface area contributed by atoms with E-state index in [1.807, 2.05) is 0 Å². The van der Waals surface area contributed by atoms with Gasteiger partial charge in [-0.3, -0.25) is 18.8 Å². The van der Waals surface area contributed by atoms with E-state index in [0.717, 1.165) is 49.8 Å². The monoisotopic (exact) mass is 485 g/mol. The number of benzene rings is 1. The predicted octanol–water partition coefficient (Wildman–Crippen LogP) is 2.33. The lowest BCUT2D eigenvalue weighted by Crippen LogP contribution is -2.39. The van der Waals surface area contributed by atoms with Gasteiger partial charge in [-0.2, -0.15) is 0 Å². The van der Waals surface area contributed by atoms with Gasteiger partial charge >= 0.3 is 11.8 Å². The molecule has 2 aliphatic rings. The number of hydrogen-bond acceptors (Lipinski definition) is 6. The molecule has 10 nitrogen and oxygen atoms in total. The minimum Gasteiger partial charge on any atom is -0.491 e. The Labute approximate surface area is 197 Å². The van der Waals surface area contributed by atoms with Gasteiger partial charge in [-0.1, -0.05) is 5.92 Å². The smallest absolute Gasteiger partial charge is 0.415 e. The molecule has 0 bridgehead atoms. The number of methoxy groups -OCH3 is 1. The first-order valence-electron chi connectivity index (χ1n) is 11.0. The van der Waals surface area contributed by atoms with E-state index in [0.29, 0.717) is 0 Å². The largest absolute Gasteiger partial charge is 0.491 e. The number of fused-ring (bicyclic) bond motifs is 1. The summed E-state index contributed by atoms with van der Waals surface area (Å²) < 4.78 is 40.0. The number of nitrogens with one attached hydrogen (secondary N) is 1. The first-order chi connectivity index (χ1) is 16.8. The number of halogens is 2. The standard InChI is InChI=1S/C23H21F2N5O5/c1-28(23(33)35-14-10-15(24)19(34-2)16(25)11-14)9-3-4-17-26-18-20(27-17)29(12-5-6-12)22(32)30(21(18)31)13-7-8-13/h10-13H,5-9H2,1-2H3,(H,26,27). The highest BCUT2D eigenvalue weighted by Gasteiger charge is 2.34. The number of nitrogens with zero attached hydrogens (tertiary/aromatic N) is 4. The van der Waals surface area contributed by atoms with Crippen molar-refractivity contribution in [3.05, 3.63) is 50.4 Å². The third-order valence-corrected chi connectivity index (χ3v) is 5.80. The molecule has 0 atom stereocenters. The SMILES string of the molecule is COc1c(F)cc(OC(=O)N(C)CC#Cc2nc3c([nH]2)c(=O)n(C2CC2)c(=O)n3C2CC2)cc1F. The molecular formula is C23H21F2N5O5. The van der Waals surface area contributed by atoms with Crippen LogP contribution in [0.2, 0.25) is 0 Å². The molecule has 1 aromatic carbocycles. The molecular weight excluding hydrogens is 464 g/mol. The summed E-state index contributed by atoms with van der Waals surface area (Å²) in [6.07, 6.45) is 2.40. The summed E-state index contributed by atoms with van der Waals surface area (Å²) in [7, 11) is 2.51. The Hall–Kier alpha value is -4.14. The number of rotatable bonds is 5. The molecule has 1 N–H and O–H groups in total. The topological polar surface area (TPSA) is 111 Å². The van der Waals surface area contributed by atoms with Crippen LogP contribution in [0.3, 0.4) is 0 Å². The van der Waals surface area contributed by atoms with E-state index < -0.39 is 29.0 Å². The Kier molecular flexibility index (Phi) is 5.55. The van der Waals surface area contributed by atoms with Crippen molar-refractivity contribution in [1.29, 1.82) is 0 Å². The second kappa shape index (κ2) is 8.57. The Morgan fingerprint density at radius 3 is 2.40 bits per heavy atom. The first-order valence-corrected chi connectivity index (χ1v) is 11.0. The summed E-state index contributed by atoms with van der Waals surface area (Å²) in [6.45, 7) is -0.0985. The van der Waals surface area contributed by atoms with Crippen LogP contribution in [-0.2, 0) is 0 Å². The van der Waals surface area contributed by atoms with Gasteiger partial charge < -0.3 is 14.5 Å². The maximum atomic E-state index is 13.8. The lowest BCUT2D eigenvalue weighted by atomic mass is 10.3. The first kappa shape index (κ1) is 22.6. The Morgan fingerprint density at radius 2 is 1.80 bits per heavy atom. The van der Waals surface area contributed by atoms with E-state index in [4.69, 9.17) is 4.74 Å². The predicted molar refractivity (Wildman–Crippen MR) is 120 cm³/mol. The Bertz CT molecular complexity index is 1500. The number of carbonyl (C=O) groups excluding carboxylic acids is 1. The van der Waals surface area contributed by atoms with Crippen LogP contribution in [0.25, 0.3) is 11.2 Å². The van der Waals surface area contributed by atoms with Crippen LogP contribution in [0, 0.1) is 23.5 Å². The van der Waals surface area contributed by atoms with Gasteiger partial charge in [-0.15, -0.1) is 0 Å². The van der Waals surface area contributed by atoms with Crippen molar-refractivity contribution in [2.75, 3.05) is 20.7 Å².